The Hall–Kier alpha value is -0.770. The van der Waals surface area contributed by atoms with E-state index < -0.39 is 5.60 Å². The Labute approximate surface area is 90.8 Å². The van der Waals surface area contributed by atoms with Gasteiger partial charge in [0.2, 0.25) is 0 Å². The molecule has 86 valence electrons. The van der Waals surface area contributed by atoms with E-state index in [1.165, 1.54) is 6.42 Å². The molecule has 0 aromatic heterocycles. The summed E-state index contributed by atoms with van der Waals surface area (Å²) in [5.74, 6) is 0.602. The molecular weight excluding hydrogens is 192 g/mol. The highest BCUT2D eigenvalue weighted by Gasteiger charge is 2.51. The van der Waals surface area contributed by atoms with Crippen LogP contribution in [-0.2, 0) is 4.74 Å². The average Bonchev–Trinajstić information content (AvgIpc) is 2.27. The van der Waals surface area contributed by atoms with Crippen LogP contribution in [0.25, 0.3) is 0 Å². The molecule has 1 aliphatic carbocycles. The molecule has 2 fully saturated rings. The number of ether oxygens (including phenoxy) is 1. The topological polar surface area (TPSA) is 50.4 Å². The summed E-state index contributed by atoms with van der Waals surface area (Å²) in [5, 5.41) is 6.35. The number of hydrogen-bond acceptors (Lipinski definition) is 3. The van der Waals surface area contributed by atoms with Crippen LogP contribution in [0.15, 0.2) is 0 Å². The Morgan fingerprint density at radius 2 is 2.27 bits per heavy atom. The van der Waals surface area contributed by atoms with Crippen molar-refractivity contribution in [3.8, 4) is 0 Å². The van der Waals surface area contributed by atoms with E-state index in [1.54, 1.807) is 0 Å². The molecule has 1 amide bonds. The summed E-state index contributed by atoms with van der Waals surface area (Å²) in [6.07, 6.45) is 2.00. The van der Waals surface area contributed by atoms with Gasteiger partial charge in [0.1, 0.15) is 5.60 Å². The summed E-state index contributed by atoms with van der Waals surface area (Å²) < 4.78 is 5.27. The number of rotatable bonds is 1. The highest BCUT2D eigenvalue weighted by atomic mass is 16.6. The summed E-state index contributed by atoms with van der Waals surface area (Å²) in [6, 6.07) is 0. The normalized spacial score (nSPS) is 34.2. The van der Waals surface area contributed by atoms with Crippen LogP contribution in [-0.4, -0.2) is 30.3 Å². The number of carbonyl (C=O) groups excluding carboxylic acids is 1. The molecule has 0 radical (unpaired) electrons. The molecule has 0 spiro atoms. The zero-order valence-electron chi connectivity index (χ0n) is 9.72. The fraction of sp³-hybridized carbons (Fsp3) is 0.909. The van der Waals surface area contributed by atoms with Crippen LogP contribution in [0.1, 0.15) is 33.6 Å². The fourth-order valence-electron chi connectivity index (χ4n) is 2.41. The van der Waals surface area contributed by atoms with Gasteiger partial charge in [0.05, 0.1) is 5.54 Å². The summed E-state index contributed by atoms with van der Waals surface area (Å²) in [6.45, 7) is 7.56. The van der Waals surface area contributed by atoms with E-state index in [0.717, 1.165) is 19.5 Å². The molecule has 2 aliphatic rings. The van der Waals surface area contributed by atoms with Crippen molar-refractivity contribution in [2.75, 3.05) is 13.1 Å². The Balaban J connectivity index is 1.89. The van der Waals surface area contributed by atoms with Crippen LogP contribution >= 0.6 is 0 Å². The first-order valence-corrected chi connectivity index (χ1v) is 5.63. The monoisotopic (exact) mass is 212 g/mol. The number of fused-ring (bicyclic) bond motifs is 1. The fourth-order valence-corrected chi connectivity index (χ4v) is 2.41. The molecular formula is C11H20N2O2. The van der Waals surface area contributed by atoms with Crippen LogP contribution in [0, 0.1) is 5.92 Å². The molecule has 1 saturated carbocycles. The Morgan fingerprint density at radius 3 is 2.73 bits per heavy atom. The maximum atomic E-state index is 11.6. The maximum Gasteiger partial charge on any atom is 0.408 e. The van der Waals surface area contributed by atoms with Crippen molar-refractivity contribution in [2.45, 2.75) is 44.8 Å². The summed E-state index contributed by atoms with van der Waals surface area (Å²) in [4.78, 5) is 11.6. The summed E-state index contributed by atoms with van der Waals surface area (Å²) >= 11 is 0. The lowest BCUT2D eigenvalue weighted by atomic mass is 9.69. The van der Waals surface area contributed by atoms with Crippen molar-refractivity contribution in [1.29, 1.82) is 0 Å². The third kappa shape index (κ3) is 2.09. The average molecular weight is 212 g/mol. The molecule has 4 heteroatoms. The van der Waals surface area contributed by atoms with Crippen LogP contribution in [0.5, 0.6) is 0 Å². The minimum absolute atomic E-state index is 0.0116. The van der Waals surface area contributed by atoms with Crippen molar-refractivity contribution in [2.24, 2.45) is 5.92 Å². The van der Waals surface area contributed by atoms with E-state index in [4.69, 9.17) is 4.74 Å². The second-order valence-electron chi connectivity index (χ2n) is 5.65. The number of hydrogen-bond donors (Lipinski definition) is 2. The van der Waals surface area contributed by atoms with Crippen LogP contribution in [0.3, 0.4) is 0 Å². The first kappa shape index (κ1) is 10.7. The second-order valence-corrected chi connectivity index (χ2v) is 5.65. The molecule has 0 bridgehead atoms. The van der Waals surface area contributed by atoms with Gasteiger partial charge < -0.3 is 15.4 Å². The highest BCUT2D eigenvalue weighted by Crippen LogP contribution is 2.41. The van der Waals surface area contributed by atoms with Gasteiger partial charge in [-0.2, -0.15) is 0 Å². The van der Waals surface area contributed by atoms with Gasteiger partial charge in [-0.15, -0.1) is 0 Å². The van der Waals surface area contributed by atoms with Crippen LogP contribution < -0.4 is 10.6 Å². The quantitative estimate of drug-likeness (QED) is 0.688. The molecule has 4 nitrogen and oxygen atoms in total. The van der Waals surface area contributed by atoms with E-state index in [0.29, 0.717) is 5.92 Å². The predicted octanol–water partition coefficient (Wildman–Crippen LogP) is 1.26. The summed E-state index contributed by atoms with van der Waals surface area (Å²) in [5.41, 5.74) is -0.422. The third-order valence-corrected chi connectivity index (χ3v) is 3.30. The lowest BCUT2D eigenvalue weighted by Gasteiger charge is -2.44. The van der Waals surface area contributed by atoms with E-state index >= 15 is 0 Å². The third-order valence-electron chi connectivity index (χ3n) is 3.30. The Kier molecular flexibility index (Phi) is 2.41. The minimum atomic E-state index is -0.411. The number of amides is 1. The summed E-state index contributed by atoms with van der Waals surface area (Å²) in [7, 11) is 0. The molecule has 2 N–H and O–H groups in total. The Bertz CT molecular complexity index is 272. The molecule has 1 saturated heterocycles. The van der Waals surface area contributed by atoms with Crippen LogP contribution in [0.4, 0.5) is 4.79 Å². The first-order valence-electron chi connectivity index (χ1n) is 5.63. The van der Waals surface area contributed by atoms with Crippen LogP contribution in [0.2, 0.25) is 0 Å². The van der Waals surface area contributed by atoms with Gasteiger partial charge in [-0.1, -0.05) is 0 Å². The van der Waals surface area contributed by atoms with Crippen molar-refractivity contribution in [1.82, 2.24) is 10.6 Å². The molecule has 15 heavy (non-hydrogen) atoms. The predicted molar refractivity (Wildman–Crippen MR) is 57.7 cm³/mol. The molecule has 2 atom stereocenters. The minimum Gasteiger partial charge on any atom is -0.444 e. The van der Waals surface area contributed by atoms with Gasteiger partial charge in [-0.3, -0.25) is 0 Å². The van der Waals surface area contributed by atoms with Gasteiger partial charge in [0.25, 0.3) is 0 Å². The first-order chi connectivity index (χ1) is 6.91. The smallest absolute Gasteiger partial charge is 0.408 e. The number of alkyl carbamates (subject to hydrolysis) is 1. The second kappa shape index (κ2) is 3.37. The molecule has 1 heterocycles. The zero-order chi connectivity index (χ0) is 11.1. The van der Waals surface area contributed by atoms with Crippen molar-refractivity contribution < 1.29 is 9.53 Å². The lowest BCUT2D eigenvalue weighted by Crippen LogP contribution is -2.60. The molecule has 1 aliphatic heterocycles. The Morgan fingerprint density at radius 1 is 1.53 bits per heavy atom. The zero-order valence-corrected chi connectivity index (χ0v) is 9.72. The molecule has 2 rings (SSSR count). The van der Waals surface area contributed by atoms with Gasteiger partial charge in [-0.05, 0) is 39.5 Å². The van der Waals surface area contributed by atoms with E-state index in [-0.39, 0.29) is 11.6 Å². The molecule has 0 aromatic carbocycles. The standard InChI is InChI=1S/C11H20N2O2/c1-10(2,3)15-9(14)13-11-5-4-8(11)6-12-7-11/h8,12H,4-7H2,1-3H3,(H,13,14). The van der Waals surface area contributed by atoms with Gasteiger partial charge >= 0.3 is 6.09 Å². The van der Waals surface area contributed by atoms with Gasteiger partial charge in [-0.25, -0.2) is 4.79 Å². The highest BCUT2D eigenvalue weighted by molar-refractivity contribution is 5.69. The largest absolute Gasteiger partial charge is 0.444 e. The van der Waals surface area contributed by atoms with E-state index in [1.807, 2.05) is 20.8 Å². The van der Waals surface area contributed by atoms with E-state index in [2.05, 4.69) is 10.6 Å². The maximum absolute atomic E-state index is 11.6. The van der Waals surface area contributed by atoms with Gasteiger partial charge in [0, 0.05) is 13.1 Å². The molecule has 0 aromatic rings. The molecule has 2 unspecified atom stereocenters. The SMILES string of the molecule is CC(C)(C)OC(=O)NC12CCC1CNC2. The lowest BCUT2D eigenvalue weighted by molar-refractivity contribution is 0.0335. The number of carbonyl (C=O) groups is 1. The number of nitrogens with one attached hydrogen (secondary N) is 2. The van der Waals surface area contributed by atoms with Gasteiger partial charge in [0.15, 0.2) is 0 Å². The van der Waals surface area contributed by atoms with Crippen molar-refractivity contribution in [3.63, 3.8) is 0 Å². The van der Waals surface area contributed by atoms with Crippen molar-refractivity contribution in [3.05, 3.63) is 0 Å². The van der Waals surface area contributed by atoms with Crippen molar-refractivity contribution >= 4 is 6.09 Å². The van der Waals surface area contributed by atoms with E-state index in [9.17, 15) is 4.79 Å².